The lowest BCUT2D eigenvalue weighted by Gasteiger charge is -2.15. The summed E-state index contributed by atoms with van der Waals surface area (Å²) < 4.78 is 11.4. The van der Waals surface area contributed by atoms with Crippen LogP contribution in [0.5, 0.6) is 11.5 Å². The van der Waals surface area contributed by atoms with E-state index in [-0.39, 0.29) is 5.91 Å². The highest BCUT2D eigenvalue weighted by molar-refractivity contribution is 5.80. The number of carbonyl (C=O) groups excluding carboxylic acids is 1. The molecule has 3 rings (SSSR count). The molecule has 1 aromatic heterocycles. The molecule has 3 aromatic rings. The van der Waals surface area contributed by atoms with Crippen LogP contribution < -0.4 is 14.8 Å². The Hall–Kier alpha value is -3.34. The van der Waals surface area contributed by atoms with Crippen LogP contribution in [-0.4, -0.2) is 17.0 Å². The van der Waals surface area contributed by atoms with Gasteiger partial charge in [-0.2, -0.15) is 0 Å². The minimum absolute atomic E-state index is 0.157. The van der Waals surface area contributed by atoms with Crippen molar-refractivity contribution in [1.82, 2.24) is 10.3 Å². The van der Waals surface area contributed by atoms with Crippen molar-refractivity contribution < 1.29 is 14.3 Å². The Labute approximate surface area is 159 Å². The van der Waals surface area contributed by atoms with Gasteiger partial charge in [0.25, 0.3) is 5.91 Å². The molecule has 5 heteroatoms. The van der Waals surface area contributed by atoms with E-state index >= 15 is 0 Å². The van der Waals surface area contributed by atoms with Crippen LogP contribution in [0.4, 0.5) is 0 Å². The quantitative estimate of drug-likeness (QED) is 0.663. The Bertz CT molecular complexity index is 836. The third-order valence-electron chi connectivity index (χ3n) is 3.94. The van der Waals surface area contributed by atoms with Gasteiger partial charge in [0.1, 0.15) is 18.1 Å². The van der Waals surface area contributed by atoms with Crippen LogP contribution in [0.1, 0.15) is 18.1 Å². The highest BCUT2D eigenvalue weighted by Crippen LogP contribution is 2.14. The van der Waals surface area contributed by atoms with E-state index in [1.165, 1.54) is 0 Å². The number of aromatic nitrogens is 1. The van der Waals surface area contributed by atoms with Crippen molar-refractivity contribution in [3.05, 3.63) is 90.3 Å². The third-order valence-corrected chi connectivity index (χ3v) is 3.94. The van der Waals surface area contributed by atoms with E-state index in [1.54, 1.807) is 19.3 Å². The average Bonchev–Trinajstić information content (AvgIpc) is 2.72. The zero-order valence-electron chi connectivity index (χ0n) is 15.2. The van der Waals surface area contributed by atoms with E-state index in [9.17, 15) is 4.79 Å². The number of hydrogen-bond donors (Lipinski definition) is 1. The second-order valence-corrected chi connectivity index (χ2v) is 6.08. The number of amides is 1. The van der Waals surface area contributed by atoms with E-state index < -0.39 is 6.10 Å². The number of nitrogens with zero attached hydrogens (tertiary/aromatic N) is 1. The molecule has 5 nitrogen and oxygen atoms in total. The lowest BCUT2D eigenvalue weighted by Crippen LogP contribution is -2.35. The normalized spacial score (nSPS) is 11.4. The minimum Gasteiger partial charge on any atom is -0.489 e. The standard InChI is InChI=1S/C22H22N2O3/c1-17(27-21-7-3-2-4-8-21)22(25)24-15-18-9-11-20(12-10-18)26-16-19-6-5-13-23-14-19/h2-14,17H,15-16H2,1H3,(H,24,25)/t17-/m1/s1. The van der Waals surface area contributed by atoms with E-state index in [2.05, 4.69) is 10.3 Å². The summed E-state index contributed by atoms with van der Waals surface area (Å²) in [6.07, 6.45) is 2.95. The van der Waals surface area contributed by atoms with E-state index in [0.29, 0.717) is 18.9 Å². The molecule has 1 N–H and O–H groups in total. The fourth-order valence-corrected chi connectivity index (χ4v) is 2.44. The Morgan fingerprint density at radius 3 is 2.44 bits per heavy atom. The Morgan fingerprint density at radius 2 is 1.74 bits per heavy atom. The van der Waals surface area contributed by atoms with Gasteiger partial charge in [-0.05, 0) is 42.8 Å². The SMILES string of the molecule is C[C@@H](Oc1ccccc1)C(=O)NCc1ccc(OCc2cccnc2)cc1. The maximum Gasteiger partial charge on any atom is 0.261 e. The van der Waals surface area contributed by atoms with Crippen LogP contribution in [0, 0.1) is 0 Å². The van der Waals surface area contributed by atoms with Gasteiger partial charge in [-0.3, -0.25) is 9.78 Å². The molecule has 27 heavy (non-hydrogen) atoms. The van der Waals surface area contributed by atoms with Crippen molar-refractivity contribution >= 4 is 5.91 Å². The summed E-state index contributed by atoms with van der Waals surface area (Å²) >= 11 is 0. The second kappa shape index (κ2) is 9.38. The molecule has 0 aliphatic heterocycles. The predicted octanol–water partition coefficient (Wildman–Crippen LogP) is 3.74. The van der Waals surface area contributed by atoms with Crippen LogP contribution in [0.2, 0.25) is 0 Å². The highest BCUT2D eigenvalue weighted by Gasteiger charge is 2.14. The summed E-state index contributed by atoms with van der Waals surface area (Å²) in [4.78, 5) is 16.2. The number of rotatable bonds is 8. The number of carbonyl (C=O) groups is 1. The number of nitrogens with one attached hydrogen (secondary N) is 1. The van der Waals surface area contributed by atoms with Crippen LogP contribution in [0.3, 0.4) is 0 Å². The Kier molecular flexibility index (Phi) is 6.41. The predicted molar refractivity (Wildman–Crippen MR) is 103 cm³/mol. The Balaban J connectivity index is 1.44. The van der Waals surface area contributed by atoms with Gasteiger partial charge < -0.3 is 14.8 Å². The van der Waals surface area contributed by atoms with E-state index in [0.717, 1.165) is 16.9 Å². The average molecular weight is 362 g/mol. The van der Waals surface area contributed by atoms with Crippen LogP contribution >= 0.6 is 0 Å². The smallest absolute Gasteiger partial charge is 0.261 e. The van der Waals surface area contributed by atoms with Gasteiger partial charge in [-0.15, -0.1) is 0 Å². The van der Waals surface area contributed by atoms with Crippen molar-refractivity contribution in [2.24, 2.45) is 0 Å². The molecule has 1 atom stereocenters. The minimum atomic E-state index is -0.561. The lowest BCUT2D eigenvalue weighted by molar-refractivity contribution is -0.127. The summed E-state index contributed by atoms with van der Waals surface area (Å²) in [7, 11) is 0. The fraction of sp³-hybridized carbons (Fsp3) is 0.182. The molecule has 0 fully saturated rings. The molecule has 2 aromatic carbocycles. The number of hydrogen-bond acceptors (Lipinski definition) is 4. The van der Waals surface area contributed by atoms with Crippen LogP contribution in [0.15, 0.2) is 79.1 Å². The van der Waals surface area contributed by atoms with Crippen molar-refractivity contribution in [3.63, 3.8) is 0 Å². The number of pyridine rings is 1. The molecule has 0 saturated heterocycles. The zero-order valence-corrected chi connectivity index (χ0v) is 15.2. The maximum absolute atomic E-state index is 12.2. The molecule has 0 bridgehead atoms. The van der Waals surface area contributed by atoms with Crippen molar-refractivity contribution in [1.29, 1.82) is 0 Å². The number of benzene rings is 2. The first-order chi connectivity index (χ1) is 13.2. The van der Waals surface area contributed by atoms with Crippen LogP contribution in [-0.2, 0) is 17.9 Å². The molecule has 1 amide bonds. The fourth-order valence-electron chi connectivity index (χ4n) is 2.44. The molecule has 138 valence electrons. The molecule has 0 radical (unpaired) electrons. The maximum atomic E-state index is 12.2. The molecule has 0 saturated carbocycles. The van der Waals surface area contributed by atoms with Gasteiger partial charge in [0.05, 0.1) is 0 Å². The first kappa shape index (κ1) is 18.5. The second-order valence-electron chi connectivity index (χ2n) is 6.08. The summed E-state index contributed by atoms with van der Waals surface area (Å²) in [5, 5.41) is 2.88. The van der Waals surface area contributed by atoms with Crippen molar-refractivity contribution in [3.8, 4) is 11.5 Å². The van der Waals surface area contributed by atoms with Gasteiger partial charge in [0, 0.05) is 24.5 Å². The zero-order chi connectivity index (χ0) is 18.9. The van der Waals surface area contributed by atoms with E-state index in [1.807, 2.05) is 66.7 Å². The summed E-state index contributed by atoms with van der Waals surface area (Å²) in [6.45, 7) is 2.64. The molecule has 0 aliphatic rings. The van der Waals surface area contributed by atoms with Gasteiger partial charge in [0.15, 0.2) is 6.10 Å². The molecular weight excluding hydrogens is 340 g/mol. The molecule has 1 heterocycles. The van der Waals surface area contributed by atoms with Crippen molar-refractivity contribution in [2.75, 3.05) is 0 Å². The summed E-state index contributed by atoms with van der Waals surface area (Å²) in [6, 6.07) is 20.8. The van der Waals surface area contributed by atoms with Crippen LogP contribution in [0.25, 0.3) is 0 Å². The lowest BCUT2D eigenvalue weighted by atomic mass is 10.2. The van der Waals surface area contributed by atoms with Gasteiger partial charge in [0.2, 0.25) is 0 Å². The van der Waals surface area contributed by atoms with E-state index in [4.69, 9.17) is 9.47 Å². The first-order valence-electron chi connectivity index (χ1n) is 8.81. The van der Waals surface area contributed by atoms with Gasteiger partial charge in [-0.25, -0.2) is 0 Å². The van der Waals surface area contributed by atoms with Gasteiger partial charge >= 0.3 is 0 Å². The number of ether oxygens (including phenoxy) is 2. The highest BCUT2D eigenvalue weighted by atomic mass is 16.5. The molecular formula is C22H22N2O3. The van der Waals surface area contributed by atoms with Crippen molar-refractivity contribution in [2.45, 2.75) is 26.2 Å². The Morgan fingerprint density at radius 1 is 0.963 bits per heavy atom. The summed E-state index contributed by atoms with van der Waals surface area (Å²) in [5.41, 5.74) is 2.00. The third kappa shape index (κ3) is 5.85. The monoisotopic (exact) mass is 362 g/mol. The summed E-state index contributed by atoms with van der Waals surface area (Å²) in [5.74, 6) is 1.29. The first-order valence-corrected chi connectivity index (χ1v) is 8.81. The van der Waals surface area contributed by atoms with Gasteiger partial charge in [-0.1, -0.05) is 36.4 Å². The largest absolute Gasteiger partial charge is 0.489 e. The topological polar surface area (TPSA) is 60.5 Å². The molecule has 0 aliphatic carbocycles. The molecule has 0 unspecified atom stereocenters. The molecule has 0 spiro atoms. The number of para-hydroxylation sites is 1.